The van der Waals surface area contributed by atoms with Gasteiger partial charge in [0.25, 0.3) is 5.56 Å². The average Bonchev–Trinajstić information content (AvgIpc) is 2.65. The van der Waals surface area contributed by atoms with Crippen LogP contribution in [0.2, 0.25) is 0 Å². The van der Waals surface area contributed by atoms with Gasteiger partial charge < -0.3 is 15.2 Å². The van der Waals surface area contributed by atoms with Crippen molar-refractivity contribution in [3.63, 3.8) is 0 Å². The van der Waals surface area contributed by atoms with E-state index >= 15 is 0 Å². The molecule has 0 saturated carbocycles. The molecule has 3 aromatic rings. The molecular formula is C20H22N4O2. The van der Waals surface area contributed by atoms with Crippen molar-refractivity contribution in [2.24, 2.45) is 12.8 Å². The average molecular weight is 350 g/mol. The van der Waals surface area contributed by atoms with Gasteiger partial charge in [0.15, 0.2) is 0 Å². The maximum absolute atomic E-state index is 12.8. The fourth-order valence-electron chi connectivity index (χ4n) is 3.31. The SMILES string of the molecule is CC(c1nc2ccccc2n(C)c1=O)N(C(N)=O)[C@H](C)c1ccccc1. The summed E-state index contributed by atoms with van der Waals surface area (Å²) in [5.41, 5.74) is 8.12. The zero-order valence-electron chi connectivity index (χ0n) is 15.1. The molecule has 2 atom stereocenters. The molecule has 1 unspecified atom stereocenters. The summed E-state index contributed by atoms with van der Waals surface area (Å²) in [7, 11) is 1.71. The van der Waals surface area contributed by atoms with Crippen LogP contribution in [0.15, 0.2) is 59.4 Å². The number of amides is 2. The summed E-state index contributed by atoms with van der Waals surface area (Å²) in [6, 6.07) is 15.6. The van der Waals surface area contributed by atoms with Gasteiger partial charge in [-0.25, -0.2) is 9.78 Å². The summed E-state index contributed by atoms with van der Waals surface area (Å²) >= 11 is 0. The Balaban J connectivity index is 2.10. The number of urea groups is 1. The minimum absolute atomic E-state index is 0.234. The van der Waals surface area contributed by atoms with E-state index in [0.717, 1.165) is 11.1 Å². The molecule has 2 N–H and O–H groups in total. The number of carbonyl (C=O) groups excluding carboxylic acids is 1. The van der Waals surface area contributed by atoms with E-state index in [2.05, 4.69) is 4.98 Å². The van der Waals surface area contributed by atoms with Crippen LogP contribution in [0.3, 0.4) is 0 Å². The third-order valence-electron chi connectivity index (χ3n) is 4.77. The summed E-state index contributed by atoms with van der Waals surface area (Å²) in [5.74, 6) is 0. The molecule has 0 aliphatic carbocycles. The van der Waals surface area contributed by atoms with E-state index in [9.17, 15) is 9.59 Å². The van der Waals surface area contributed by atoms with E-state index in [1.165, 1.54) is 4.90 Å². The van der Waals surface area contributed by atoms with Gasteiger partial charge in [0.05, 0.1) is 23.1 Å². The molecule has 0 fully saturated rings. The zero-order valence-corrected chi connectivity index (χ0v) is 15.1. The number of nitrogens with two attached hydrogens (primary N) is 1. The summed E-state index contributed by atoms with van der Waals surface area (Å²) in [6.45, 7) is 3.67. The molecule has 26 heavy (non-hydrogen) atoms. The lowest BCUT2D eigenvalue weighted by Gasteiger charge is -2.33. The Hall–Kier alpha value is -3.15. The molecule has 2 aromatic carbocycles. The second-order valence-electron chi connectivity index (χ2n) is 6.36. The van der Waals surface area contributed by atoms with Crippen molar-refractivity contribution in [2.45, 2.75) is 25.9 Å². The highest BCUT2D eigenvalue weighted by Crippen LogP contribution is 2.28. The van der Waals surface area contributed by atoms with Crippen LogP contribution in [0, 0.1) is 0 Å². The topological polar surface area (TPSA) is 81.2 Å². The third kappa shape index (κ3) is 3.06. The van der Waals surface area contributed by atoms with Gasteiger partial charge in [-0.3, -0.25) is 4.79 Å². The maximum atomic E-state index is 12.8. The van der Waals surface area contributed by atoms with Crippen LogP contribution in [0.4, 0.5) is 4.79 Å². The number of rotatable bonds is 4. The van der Waals surface area contributed by atoms with E-state index in [1.807, 2.05) is 61.5 Å². The van der Waals surface area contributed by atoms with E-state index in [-0.39, 0.29) is 11.6 Å². The number of hydrogen-bond donors (Lipinski definition) is 1. The highest BCUT2D eigenvalue weighted by atomic mass is 16.2. The van der Waals surface area contributed by atoms with Gasteiger partial charge in [-0.1, -0.05) is 42.5 Å². The minimum atomic E-state index is -0.592. The lowest BCUT2D eigenvalue weighted by atomic mass is 10.0. The number of nitrogens with zero attached hydrogens (tertiary/aromatic N) is 3. The first-order valence-electron chi connectivity index (χ1n) is 8.50. The zero-order chi connectivity index (χ0) is 18.8. The van der Waals surface area contributed by atoms with Crippen molar-refractivity contribution in [3.8, 4) is 0 Å². The van der Waals surface area contributed by atoms with Gasteiger partial charge in [0.1, 0.15) is 5.69 Å². The molecule has 0 spiro atoms. The summed E-state index contributed by atoms with van der Waals surface area (Å²) in [4.78, 5) is 31.1. The lowest BCUT2D eigenvalue weighted by molar-refractivity contribution is 0.161. The molecule has 1 aromatic heterocycles. The van der Waals surface area contributed by atoms with Crippen molar-refractivity contribution >= 4 is 17.1 Å². The molecule has 0 radical (unpaired) electrons. The van der Waals surface area contributed by atoms with E-state index in [0.29, 0.717) is 11.2 Å². The summed E-state index contributed by atoms with van der Waals surface area (Å²) < 4.78 is 1.56. The largest absolute Gasteiger partial charge is 0.351 e. The Morgan fingerprint density at radius 2 is 1.65 bits per heavy atom. The minimum Gasteiger partial charge on any atom is -0.351 e. The number of primary amides is 1. The van der Waals surface area contributed by atoms with Crippen molar-refractivity contribution in [3.05, 3.63) is 76.2 Å². The van der Waals surface area contributed by atoms with Gasteiger partial charge in [0.2, 0.25) is 0 Å². The quantitative estimate of drug-likeness (QED) is 0.785. The van der Waals surface area contributed by atoms with Crippen LogP contribution in [0.5, 0.6) is 0 Å². The normalized spacial score (nSPS) is 13.3. The predicted octanol–water partition coefficient (Wildman–Crippen LogP) is 3.14. The van der Waals surface area contributed by atoms with Gasteiger partial charge in [-0.2, -0.15) is 0 Å². The van der Waals surface area contributed by atoms with Crippen molar-refractivity contribution in [2.75, 3.05) is 0 Å². The molecule has 0 aliphatic rings. The second kappa shape index (κ2) is 7.00. The Labute approximate surface area is 151 Å². The Morgan fingerprint density at radius 1 is 1.04 bits per heavy atom. The van der Waals surface area contributed by atoms with E-state index in [4.69, 9.17) is 5.73 Å². The predicted molar refractivity (Wildman–Crippen MR) is 102 cm³/mol. The molecule has 1 heterocycles. The van der Waals surface area contributed by atoms with Gasteiger partial charge in [0, 0.05) is 7.05 Å². The first kappa shape index (κ1) is 17.7. The maximum Gasteiger partial charge on any atom is 0.315 e. The molecule has 6 heteroatoms. The number of hydrogen-bond acceptors (Lipinski definition) is 3. The highest BCUT2D eigenvalue weighted by molar-refractivity contribution is 5.75. The molecule has 134 valence electrons. The van der Waals surface area contributed by atoms with Crippen molar-refractivity contribution in [1.82, 2.24) is 14.5 Å². The Morgan fingerprint density at radius 3 is 2.31 bits per heavy atom. The number of carbonyl (C=O) groups is 1. The van der Waals surface area contributed by atoms with Gasteiger partial charge in [-0.05, 0) is 31.5 Å². The third-order valence-corrected chi connectivity index (χ3v) is 4.77. The monoisotopic (exact) mass is 350 g/mol. The highest BCUT2D eigenvalue weighted by Gasteiger charge is 2.29. The molecule has 3 rings (SSSR count). The van der Waals surface area contributed by atoms with Crippen LogP contribution >= 0.6 is 0 Å². The smallest absolute Gasteiger partial charge is 0.315 e. The van der Waals surface area contributed by atoms with Crippen LogP contribution in [0.1, 0.15) is 37.2 Å². The number of fused-ring (bicyclic) bond motifs is 1. The molecule has 0 saturated heterocycles. The number of aromatic nitrogens is 2. The molecule has 0 bridgehead atoms. The molecule has 0 aliphatic heterocycles. The first-order valence-corrected chi connectivity index (χ1v) is 8.50. The summed E-state index contributed by atoms with van der Waals surface area (Å²) in [5, 5.41) is 0. The van der Waals surface area contributed by atoms with Gasteiger partial charge in [-0.15, -0.1) is 0 Å². The number of para-hydroxylation sites is 2. The van der Waals surface area contributed by atoms with Crippen molar-refractivity contribution in [1.29, 1.82) is 0 Å². The van der Waals surface area contributed by atoms with Gasteiger partial charge >= 0.3 is 6.03 Å². The fraction of sp³-hybridized carbons (Fsp3) is 0.250. The number of benzene rings is 2. The van der Waals surface area contributed by atoms with Crippen LogP contribution in [-0.2, 0) is 7.05 Å². The van der Waals surface area contributed by atoms with Crippen LogP contribution in [-0.4, -0.2) is 20.5 Å². The Kier molecular flexibility index (Phi) is 4.75. The first-order chi connectivity index (χ1) is 12.4. The lowest BCUT2D eigenvalue weighted by Crippen LogP contribution is -2.42. The Bertz CT molecular complexity index is 998. The second-order valence-corrected chi connectivity index (χ2v) is 6.36. The van der Waals surface area contributed by atoms with Crippen LogP contribution in [0.25, 0.3) is 11.0 Å². The molecule has 6 nitrogen and oxygen atoms in total. The van der Waals surface area contributed by atoms with Crippen LogP contribution < -0.4 is 11.3 Å². The molecule has 2 amide bonds. The van der Waals surface area contributed by atoms with Crippen molar-refractivity contribution < 1.29 is 4.79 Å². The molecular weight excluding hydrogens is 328 g/mol. The van der Waals surface area contributed by atoms with E-state index in [1.54, 1.807) is 18.5 Å². The van der Waals surface area contributed by atoms with E-state index < -0.39 is 12.1 Å². The standard InChI is InChI=1S/C20H22N4O2/c1-13(15-9-5-4-6-10-15)24(20(21)26)14(2)18-19(25)23(3)17-12-8-7-11-16(17)22-18/h4-14H,1-3H3,(H2,21,26)/t13-,14?/m1/s1. The fourth-order valence-corrected chi connectivity index (χ4v) is 3.31. The summed E-state index contributed by atoms with van der Waals surface area (Å²) in [6.07, 6.45) is 0. The number of aryl methyl sites for hydroxylation is 1.